The Hall–Kier alpha value is -2.37. The van der Waals surface area contributed by atoms with Gasteiger partial charge >= 0.3 is 5.97 Å². The Bertz CT molecular complexity index is 523. The standard InChI is InChI=1S/C15H19NO5/c1-10(15(19)20)16(2)14(18)9-8-13(17)11-4-6-12(21-3)7-5-11/h4-7,10H,8-9H2,1-3H3,(H,19,20). The van der Waals surface area contributed by atoms with Crippen LogP contribution in [0.15, 0.2) is 24.3 Å². The summed E-state index contributed by atoms with van der Waals surface area (Å²) >= 11 is 0. The molecule has 0 heterocycles. The van der Waals surface area contributed by atoms with Crippen molar-refractivity contribution >= 4 is 17.7 Å². The molecule has 21 heavy (non-hydrogen) atoms. The highest BCUT2D eigenvalue weighted by Gasteiger charge is 2.22. The summed E-state index contributed by atoms with van der Waals surface area (Å²) in [5.74, 6) is -0.959. The first kappa shape index (κ1) is 16.7. The molecule has 1 atom stereocenters. The Morgan fingerprint density at radius 3 is 2.24 bits per heavy atom. The van der Waals surface area contributed by atoms with Gasteiger partial charge in [-0.2, -0.15) is 0 Å². The molecule has 0 aromatic heterocycles. The zero-order valence-electron chi connectivity index (χ0n) is 12.3. The number of aliphatic carboxylic acids is 1. The smallest absolute Gasteiger partial charge is 0.326 e. The topological polar surface area (TPSA) is 83.9 Å². The number of ether oxygens (including phenoxy) is 1. The average molecular weight is 293 g/mol. The SMILES string of the molecule is COc1ccc(C(=O)CCC(=O)N(C)C(C)C(=O)O)cc1. The van der Waals surface area contributed by atoms with Gasteiger partial charge in [-0.3, -0.25) is 9.59 Å². The van der Waals surface area contributed by atoms with Crippen molar-refractivity contribution in [3.05, 3.63) is 29.8 Å². The van der Waals surface area contributed by atoms with Crippen LogP contribution in [0.2, 0.25) is 0 Å². The number of amides is 1. The first-order valence-electron chi connectivity index (χ1n) is 6.52. The molecule has 1 amide bonds. The van der Waals surface area contributed by atoms with Crippen molar-refractivity contribution in [2.24, 2.45) is 0 Å². The normalized spacial score (nSPS) is 11.6. The highest BCUT2D eigenvalue weighted by atomic mass is 16.5. The lowest BCUT2D eigenvalue weighted by Crippen LogP contribution is -2.40. The zero-order chi connectivity index (χ0) is 16.0. The first-order chi connectivity index (χ1) is 9.86. The predicted octanol–water partition coefficient (Wildman–Crippen LogP) is 1.59. The Labute approximate surface area is 123 Å². The molecule has 1 aromatic carbocycles. The monoisotopic (exact) mass is 293 g/mol. The maximum absolute atomic E-state index is 11.9. The van der Waals surface area contributed by atoms with E-state index in [9.17, 15) is 14.4 Å². The molecule has 0 saturated carbocycles. The van der Waals surface area contributed by atoms with Gasteiger partial charge in [0.25, 0.3) is 0 Å². The molecular formula is C15H19NO5. The number of nitrogens with zero attached hydrogens (tertiary/aromatic N) is 1. The van der Waals surface area contributed by atoms with Crippen molar-refractivity contribution in [3.63, 3.8) is 0 Å². The summed E-state index contributed by atoms with van der Waals surface area (Å²) in [6.07, 6.45) is 0.0286. The van der Waals surface area contributed by atoms with E-state index in [0.717, 1.165) is 4.90 Å². The summed E-state index contributed by atoms with van der Waals surface area (Å²) in [5.41, 5.74) is 0.498. The molecule has 0 saturated heterocycles. The van der Waals surface area contributed by atoms with Crippen molar-refractivity contribution in [1.29, 1.82) is 0 Å². The molecular weight excluding hydrogens is 274 g/mol. The maximum Gasteiger partial charge on any atom is 0.326 e. The number of rotatable bonds is 7. The Morgan fingerprint density at radius 2 is 1.76 bits per heavy atom. The minimum Gasteiger partial charge on any atom is -0.497 e. The number of hydrogen-bond donors (Lipinski definition) is 1. The molecule has 6 nitrogen and oxygen atoms in total. The Morgan fingerprint density at radius 1 is 1.19 bits per heavy atom. The van der Waals surface area contributed by atoms with Crippen LogP contribution in [-0.4, -0.2) is 47.9 Å². The second kappa shape index (κ2) is 7.42. The van der Waals surface area contributed by atoms with Crippen molar-refractivity contribution in [2.75, 3.05) is 14.2 Å². The van der Waals surface area contributed by atoms with E-state index in [1.165, 1.54) is 21.1 Å². The predicted molar refractivity (Wildman–Crippen MR) is 76.4 cm³/mol. The van der Waals surface area contributed by atoms with Gasteiger partial charge in [0.2, 0.25) is 5.91 Å². The van der Waals surface area contributed by atoms with Crippen LogP contribution in [0.4, 0.5) is 0 Å². The Kier molecular flexibility index (Phi) is 5.90. The number of hydrogen-bond acceptors (Lipinski definition) is 4. The molecule has 0 bridgehead atoms. The van der Waals surface area contributed by atoms with E-state index in [-0.39, 0.29) is 24.5 Å². The van der Waals surface area contributed by atoms with Gasteiger partial charge in [0.05, 0.1) is 7.11 Å². The largest absolute Gasteiger partial charge is 0.497 e. The first-order valence-corrected chi connectivity index (χ1v) is 6.52. The van der Waals surface area contributed by atoms with E-state index in [4.69, 9.17) is 9.84 Å². The van der Waals surface area contributed by atoms with Gasteiger partial charge in [-0.1, -0.05) is 0 Å². The van der Waals surface area contributed by atoms with Crippen molar-refractivity contribution in [1.82, 2.24) is 4.90 Å². The van der Waals surface area contributed by atoms with Gasteiger partial charge in [-0.25, -0.2) is 4.79 Å². The number of carbonyl (C=O) groups is 3. The fraction of sp³-hybridized carbons (Fsp3) is 0.400. The number of methoxy groups -OCH3 is 1. The van der Waals surface area contributed by atoms with E-state index < -0.39 is 12.0 Å². The highest BCUT2D eigenvalue weighted by Crippen LogP contribution is 2.14. The minimum absolute atomic E-state index is 0.0149. The summed E-state index contributed by atoms with van der Waals surface area (Å²) < 4.78 is 5.00. The van der Waals surface area contributed by atoms with Gasteiger partial charge in [0.15, 0.2) is 5.78 Å². The van der Waals surface area contributed by atoms with Crippen molar-refractivity contribution < 1.29 is 24.2 Å². The lowest BCUT2D eigenvalue weighted by molar-refractivity contribution is -0.148. The molecule has 0 spiro atoms. The molecule has 1 aromatic rings. The number of likely N-dealkylation sites (N-methyl/N-ethyl adjacent to an activating group) is 1. The zero-order valence-corrected chi connectivity index (χ0v) is 12.3. The van der Waals surface area contributed by atoms with E-state index in [0.29, 0.717) is 11.3 Å². The number of ketones is 1. The number of Topliss-reactive ketones (excluding diaryl/α,β-unsaturated/α-hetero) is 1. The summed E-state index contributed by atoms with van der Waals surface area (Å²) in [6.45, 7) is 1.42. The molecule has 1 rings (SSSR count). The Balaban J connectivity index is 2.55. The highest BCUT2D eigenvalue weighted by molar-refractivity contribution is 5.98. The average Bonchev–Trinajstić information content (AvgIpc) is 2.50. The summed E-state index contributed by atoms with van der Waals surface area (Å²) in [6, 6.07) is 5.71. The van der Waals surface area contributed by atoms with Crippen LogP contribution in [-0.2, 0) is 9.59 Å². The van der Waals surface area contributed by atoms with E-state index >= 15 is 0 Å². The molecule has 114 valence electrons. The lowest BCUT2D eigenvalue weighted by Gasteiger charge is -2.21. The maximum atomic E-state index is 11.9. The van der Waals surface area contributed by atoms with Crippen LogP contribution in [0, 0.1) is 0 Å². The van der Waals surface area contributed by atoms with Gasteiger partial charge < -0.3 is 14.7 Å². The molecule has 0 aliphatic rings. The van der Waals surface area contributed by atoms with Crippen LogP contribution < -0.4 is 4.74 Å². The van der Waals surface area contributed by atoms with Crippen LogP contribution >= 0.6 is 0 Å². The third kappa shape index (κ3) is 4.59. The van der Waals surface area contributed by atoms with Gasteiger partial charge in [-0.05, 0) is 31.2 Å². The third-order valence-electron chi connectivity index (χ3n) is 3.31. The quantitative estimate of drug-likeness (QED) is 0.772. The van der Waals surface area contributed by atoms with Crippen LogP contribution in [0.1, 0.15) is 30.1 Å². The second-order valence-corrected chi connectivity index (χ2v) is 4.67. The number of benzene rings is 1. The van der Waals surface area contributed by atoms with Crippen LogP contribution in [0.25, 0.3) is 0 Å². The molecule has 6 heteroatoms. The summed E-state index contributed by atoms with van der Waals surface area (Å²) in [5, 5.41) is 8.83. The minimum atomic E-state index is -1.08. The van der Waals surface area contributed by atoms with Crippen molar-refractivity contribution in [3.8, 4) is 5.75 Å². The fourth-order valence-corrected chi connectivity index (χ4v) is 1.70. The number of carboxylic acid groups (broad SMARTS) is 1. The molecule has 0 aliphatic heterocycles. The number of carboxylic acids is 1. The van der Waals surface area contributed by atoms with Crippen LogP contribution in [0.5, 0.6) is 5.75 Å². The molecule has 1 N–H and O–H groups in total. The molecule has 0 fully saturated rings. The van der Waals surface area contributed by atoms with Crippen molar-refractivity contribution in [2.45, 2.75) is 25.8 Å². The number of carbonyl (C=O) groups excluding carboxylic acids is 2. The summed E-state index contributed by atoms with van der Waals surface area (Å²) in [4.78, 5) is 35.7. The van der Waals surface area contributed by atoms with Gasteiger partial charge in [-0.15, -0.1) is 0 Å². The molecule has 0 radical (unpaired) electrons. The third-order valence-corrected chi connectivity index (χ3v) is 3.31. The second-order valence-electron chi connectivity index (χ2n) is 4.67. The molecule has 0 aliphatic carbocycles. The molecule has 1 unspecified atom stereocenters. The lowest BCUT2D eigenvalue weighted by atomic mass is 10.1. The van der Waals surface area contributed by atoms with E-state index in [1.807, 2.05) is 0 Å². The van der Waals surface area contributed by atoms with Gasteiger partial charge in [0, 0.05) is 25.5 Å². The fourth-order valence-electron chi connectivity index (χ4n) is 1.70. The van der Waals surface area contributed by atoms with Crippen LogP contribution in [0.3, 0.4) is 0 Å². The van der Waals surface area contributed by atoms with E-state index in [2.05, 4.69) is 0 Å². The van der Waals surface area contributed by atoms with Gasteiger partial charge in [0.1, 0.15) is 11.8 Å². The summed E-state index contributed by atoms with van der Waals surface area (Å²) in [7, 11) is 2.95. The van der Waals surface area contributed by atoms with E-state index in [1.54, 1.807) is 24.3 Å².